The molecule has 0 radical (unpaired) electrons. The first-order valence-corrected chi connectivity index (χ1v) is 6.28. The van der Waals surface area contributed by atoms with Crippen molar-refractivity contribution in [2.24, 2.45) is 0 Å². The number of carbonyl (C=O) groups excluding carboxylic acids is 1. The van der Waals surface area contributed by atoms with Crippen LogP contribution in [0, 0.1) is 0 Å². The van der Waals surface area contributed by atoms with E-state index in [4.69, 9.17) is 0 Å². The van der Waals surface area contributed by atoms with E-state index >= 15 is 0 Å². The fourth-order valence-electron chi connectivity index (χ4n) is 2.40. The fourth-order valence-corrected chi connectivity index (χ4v) is 2.40. The maximum atomic E-state index is 12.2. The summed E-state index contributed by atoms with van der Waals surface area (Å²) in [4.78, 5) is 20.6. The summed E-state index contributed by atoms with van der Waals surface area (Å²) in [6, 6.07) is 4.46. The summed E-state index contributed by atoms with van der Waals surface area (Å²) < 4.78 is 0. The van der Waals surface area contributed by atoms with Crippen molar-refractivity contribution in [1.82, 2.24) is 14.8 Å². The monoisotopic (exact) mass is 231 g/mol. The molecule has 0 spiro atoms. The van der Waals surface area contributed by atoms with Gasteiger partial charge in [-0.2, -0.15) is 0 Å². The molecule has 1 amide bonds. The molecule has 0 unspecified atom stereocenters. The summed E-state index contributed by atoms with van der Waals surface area (Å²) in [5, 5.41) is 0. The van der Waals surface area contributed by atoms with Gasteiger partial charge in [-0.05, 0) is 25.0 Å². The van der Waals surface area contributed by atoms with Gasteiger partial charge in [-0.15, -0.1) is 0 Å². The summed E-state index contributed by atoms with van der Waals surface area (Å²) in [5.74, 6) is 0.119. The maximum Gasteiger partial charge on any atom is 0.255 e. The van der Waals surface area contributed by atoms with Crippen LogP contribution in [0.5, 0.6) is 0 Å². The Hall–Kier alpha value is -1.42. The lowest BCUT2D eigenvalue weighted by molar-refractivity contribution is 0.0627. The molecule has 1 aliphatic heterocycles. The average molecular weight is 231 g/mol. The van der Waals surface area contributed by atoms with Crippen LogP contribution in [0.3, 0.4) is 0 Å². The molecule has 4 nitrogen and oxygen atoms in total. The molecule has 1 aromatic rings. The molecule has 1 saturated carbocycles. The highest BCUT2D eigenvalue weighted by Gasteiger charge is 2.32. The molecule has 4 heteroatoms. The Morgan fingerprint density at radius 3 is 2.59 bits per heavy atom. The van der Waals surface area contributed by atoms with Crippen molar-refractivity contribution in [3.63, 3.8) is 0 Å². The molecule has 2 aliphatic rings. The Labute approximate surface area is 101 Å². The van der Waals surface area contributed by atoms with Crippen molar-refractivity contribution >= 4 is 5.91 Å². The SMILES string of the molecule is O=C(c1cccnc1)N1CCN(C2CC2)CC1. The minimum Gasteiger partial charge on any atom is -0.336 e. The predicted octanol–water partition coefficient (Wildman–Crippen LogP) is 1.00. The van der Waals surface area contributed by atoms with Crippen LogP contribution in [0.1, 0.15) is 23.2 Å². The molecular weight excluding hydrogens is 214 g/mol. The number of amides is 1. The van der Waals surface area contributed by atoms with Gasteiger partial charge in [-0.25, -0.2) is 0 Å². The van der Waals surface area contributed by atoms with E-state index in [2.05, 4.69) is 9.88 Å². The Morgan fingerprint density at radius 2 is 2.00 bits per heavy atom. The summed E-state index contributed by atoms with van der Waals surface area (Å²) in [5.41, 5.74) is 0.701. The van der Waals surface area contributed by atoms with E-state index in [0.717, 1.165) is 32.2 Å². The van der Waals surface area contributed by atoms with Gasteiger partial charge in [-0.3, -0.25) is 14.7 Å². The molecule has 0 aromatic carbocycles. The molecule has 0 N–H and O–H groups in total. The zero-order valence-electron chi connectivity index (χ0n) is 9.88. The normalized spacial score (nSPS) is 21.5. The highest BCUT2D eigenvalue weighted by molar-refractivity contribution is 5.93. The third kappa shape index (κ3) is 2.31. The minimum absolute atomic E-state index is 0.119. The highest BCUT2D eigenvalue weighted by Crippen LogP contribution is 2.27. The van der Waals surface area contributed by atoms with Gasteiger partial charge in [0.15, 0.2) is 0 Å². The number of hydrogen-bond acceptors (Lipinski definition) is 3. The Bertz CT molecular complexity index is 394. The van der Waals surface area contributed by atoms with Gasteiger partial charge in [0.25, 0.3) is 5.91 Å². The van der Waals surface area contributed by atoms with Gasteiger partial charge in [0.2, 0.25) is 0 Å². The second-order valence-corrected chi connectivity index (χ2v) is 4.80. The smallest absolute Gasteiger partial charge is 0.255 e. The average Bonchev–Trinajstić information content (AvgIpc) is 3.24. The van der Waals surface area contributed by atoms with Crippen LogP contribution in [0.25, 0.3) is 0 Å². The summed E-state index contributed by atoms with van der Waals surface area (Å²) >= 11 is 0. The molecular formula is C13H17N3O. The van der Waals surface area contributed by atoms with Crippen LogP contribution >= 0.6 is 0 Å². The molecule has 1 aliphatic carbocycles. The van der Waals surface area contributed by atoms with Crippen molar-refractivity contribution in [1.29, 1.82) is 0 Å². The summed E-state index contributed by atoms with van der Waals surface area (Å²) in [7, 11) is 0. The van der Waals surface area contributed by atoms with E-state index in [0.29, 0.717) is 5.56 Å². The standard InChI is InChI=1S/C13H17N3O/c17-13(11-2-1-5-14-10-11)16-8-6-15(7-9-16)12-3-4-12/h1-2,5,10,12H,3-4,6-9H2. The molecule has 1 saturated heterocycles. The van der Waals surface area contributed by atoms with Gasteiger partial charge in [0.1, 0.15) is 0 Å². The van der Waals surface area contributed by atoms with Gasteiger partial charge < -0.3 is 4.90 Å². The molecule has 2 fully saturated rings. The first kappa shape index (κ1) is 10.7. The molecule has 1 aromatic heterocycles. The lowest BCUT2D eigenvalue weighted by Gasteiger charge is -2.34. The third-order valence-corrected chi connectivity index (χ3v) is 3.57. The van der Waals surface area contributed by atoms with E-state index in [1.54, 1.807) is 12.4 Å². The third-order valence-electron chi connectivity index (χ3n) is 3.57. The molecule has 90 valence electrons. The van der Waals surface area contributed by atoms with E-state index in [-0.39, 0.29) is 5.91 Å². The van der Waals surface area contributed by atoms with Gasteiger partial charge >= 0.3 is 0 Å². The fraction of sp³-hybridized carbons (Fsp3) is 0.538. The molecule has 2 heterocycles. The summed E-state index contributed by atoms with van der Waals surface area (Å²) in [6.45, 7) is 3.75. The first-order chi connectivity index (χ1) is 8.34. The Morgan fingerprint density at radius 1 is 1.24 bits per heavy atom. The van der Waals surface area contributed by atoms with E-state index < -0.39 is 0 Å². The lowest BCUT2D eigenvalue weighted by Crippen LogP contribution is -2.49. The number of nitrogens with zero attached hydrogens (tertiary/aromatic N) is 3. The Balaban J connectivity index is 1.60. The second kappa shape index (κ2) is 4.45. The minimum atomic E-state index is 0.119. The second-order valence-electron chi connectivity index (χ2n) is 4.80. The zero-order chi connectivity index (χ0) is 11.7. The van der Waals surface area contributed by atoms with Crippen molar-refractivity contribution in [2.45, 2.75) is 18.9 Å². The van der Waals surface area contributed by atoms with Crippen molar-refractivity contribution in [3.8, 4) is 0 Å². The molecule has 3 rings (SSSR count). The van der Waals surface area contributed by atoms with Gasteiger partial charge in [-0.1, -0.05) is 0 Å². The molecule has 0 atom stereocenters. The van der Waals surface area contributed by atoms with E-state index in [9.17, 15) is 4.79 Å². The van der Waals surface area contributed by atoms with E-state index in [1.807, 2.05) is 17.0 Å². The van der Waals surface area contributed by atoms with Crippen LogP contribution in [0.15, 0.2) is 24.5 Å². The van der Waals surface area contributed by atoms with Crippen LogP contribution in [-0.4, -0.2) is 52.9 Å². The van der Waals surface area contributed by atoms with Crippen molar-refractivity contribution in [3.05, 3.63) is 30.1 Å². The molecule has 0 bridgehead atoms. The number of pyridine rings is 1. The summed E-state index contributed by atoms with van der Waals surface area (Å²) in [6.07, 6.45) is 6.03. The number of aromatic nitrogens is 1. The van der Waals surface area contributed by atoms with Crippen molar-refractivity contribution in [2.75, 3.05) is 26.2 Å². The predicted molar refractivity (Wildman–Crippen MR) is 64.7 cm³/mol. The Kier molecular flexibility index (Phi) is 2.81. The van der Waals surface area contributed by atoms with Crippen LogP contribution in [0.2, 0.25) is 0 Å². The van der Waals surface area contributed by atoms with E-state index in [1.165, 1.54) is 12.8 Å². The quantitative estimate of drug-likeness (QED) is 0.762. The number of rotatable bonds is 2. The largest absolute Gasteiger partial charge is 0.336 e. The van der Waals surface area contributed by atoms with Gasteiger partial charge in [0, 0.05) is 44.6 Å². The van der Waals surface area contributed by atoms with Gasteiger partial charge in [0.05, 0.1) is 5.56 Å². The van der Waals surface area contributed by atoms with Crippen molar-refractivity contribution < 1.29 is 4.79 Å². The number of carbonyl (C=O) groups is 1. The zero-order valence-corrected chi connectivity index (χ0v) is 9.88. The number of piperazine rings is 1. The van der Waals surface area contributed by atoms with Crippen LogP contribution in [-0.2, 0) is 0 Å². The first-order valence-electron chi connectivity index (χ1n) is 6.28. The maximum absolute atomic E-state index is 12.2. The highest BCUT2D eigenvalue weighted by atomic mass is 16.2. The van der Waals surface area contributed by atoms with Crippen LogP contribution < -0.4 is 0 Å². The van der Waals surface area contributed by atoms with Crippen LogP contribution in [0.4, 0.5) is 0 Å². The molecule has 17 heavy (non-hydrogen) atoms. The topological polar surface area (TPSA) is 36.4 Å². The lowest BCUT2D eigenvalue weighted by atomic mass is 10.2. The number of hydrogen-bond donors (Lipinski definition) is 0.